The normalized spacial score (nSPS) is 20.6. The van der Waals surface area contributed by atoms with Crippen LogP contribution in [-0.2, 0) is 25.7 Å². The van der Waals surface area contributed by atoms with Gasteiger partial charge in [0.15, 0.2) is 18.9 Å². The van der Waals surface area contributed by atoms with Crippen molar-refractivity contribution in [3.63, 3.8) is 0 Å². The number of carboxylic acids is 2. The van der Waals surface area contributed by atoms with Gasteiger partial charge in [0.05, 0.1) is 22.8 Å². The van der Waals surface area contributed by atoms with Gasteiger partial charge in [0.25, 0.3) is 17.7 Å². The lowest BCUT2D eigenvalue weighted by Crippen LogP contribution is -2.71. The molecule has 3 atom stereocenters. The summed E-state index contributed by atoms with van der Waals surface area (Å²) >= 11 is 1.33. The van der Waals surface area contributed by atoms with E-state index >= 15 is 0 Å². The molecule has 4 heterocycles. The summed E-state index contributed by atoms with van der Waals surface area (Å²) in [5.41, 5.74) is 0.583. The molecular weight excluding hydrogens is 540 g/mol. The van der Waals surface area contributed by atoms with Crippen LogP contribution in [-0.4, -0.2) is 73.7 Å². The number of carbonyl (C=O) groups excluding carboxylic acids is 5. The molecule has 13 heteroatoms. The summed E-state index contributed by atoms with van der Waals surface area (Å²) in [4.78, 5) is 76.6. The predicted octanol–water partition coefficient (Wildman–Crippen LogP) is -0.702. The number of β-lactam (4-membered cyclic amide) rings is 1. The molecule has 40 heavy (non-hydrogen) atoms. The minimum atomic E-state index is -1.47. The molecule has 2 N–H and O–H groups in total. The zero-order chi connectivity index (χ0) is 28.6. The quantitative estimate of drug-likeness (QED) is 0.215. The van der Waals surface area contributed by atoms with E-state index in [4.69, 9.17) is 0 Å². The van der Waals surface area contributed by atoms with E-state index in [9.17, 15) is 39.0 Å². The minimum absolute atomic E-state index is 0.0291. The van der Waals surface area contributed by atoms with E-state index in [2.05, 4.69) is 5.32 Å². The Bertz CT molecular complexity index is 1420. The lowest BCUT2D eigenvalue weighted by Gasteiger charge is -2.50. The number of nitrogens with one attached hydrogen (secondary N) is 1. The van der Waals surface area contributed by atoms with Crippen molar-refractivity contribution in [3.05, 3.63) is 77.3 Å². The van der Waals surface area contributed by atoms with Crippen LogP contribution < -0.4 is 15.0 Å². The summed E-state index contributed by atoms with van der Waals surface area (Å²) in [7, 11) is 0. The second-order valence-electron chi connectivity index (χ2n) is 9.51. The minimum Gasteiger partial charge on any atom is -0.543 e. The Balaban J connectivity index is 1.18. The predicted molar refractivity (Wildman–Crippen MR) is 136 cm³/mol. The average molecular weight is 565 g/mol. The molecule has 1 fully saturated rings. The number of fused-ring (bicyclic) bond motifs is 2. The van der Waals surface area contributed by atoms with Gasteiger partial charge in [-0.1, -0.05) is 18.2 Å². The van der Waals surface area contributed by atoms with Gasteiger partial charge in [-0.15, -0.1) is 11.8 Å². The molecule has 3 aliphatic rings. The van der Waals surface area contributed by atoms with Gasteiger partial charge < -0.3 is 20.3 Å². The van der Waals surface area contributed by atoms with Crippen LogP contribution in [0.5, 0.6) is 0 Å². The molecule has 12 nitrogen and oxygen atoms in total. The average Bonchev–Trinajstić information content (AvgIpc) is 3.19. The first kappa shape index (κ1) is 27.1. The number of carbonyl (C=O) groups is 6. The van der Waals surface area contributed by atoms with Gasteiger partial charge in [0.1, 0.15) is 17.5 Å². The Morgan fingerprint density at radius 2 is 1.70 bits per heavy atom. The number of pyridine rings is 1. The number of nitrogens with zero attached hydrogens (tertiary/aromatic N) is 3. The number of aliphatic carboxylic acids is 2. The van der Waals surface area contributed by atoms with E-state index < -0.39 is 53.0 Å². The van der Waals surface area contributed by atoms with Crippen molar-refractivity contribution in [1.29, 1.82) is 0 Å². The van der Waals surface area contributed by atoms with E-state index in [1.807, 2.05) is 6.07 Å². The number of imide groups is 1. The number of carboxylic acid groups (broad SMARTS) is 2. The molecule has 4 amide bonds. The summed E-state index contributed by atoms with van der Waals surface area (Å²) in [6.07, 6.45) is 3.27. The number of hydrogen-bond donors (Lipinski definition) is 2. The van der Waals surface area contributed by atoms with Crippen molar-refractivity contribution in [2.75, 3.05) is 5.75 Å². The van der Waals surface area contributed by atoms with Gasteiger partial charge in [0.2, 0.25) is 5.91 Å². The molecule has 2 aromatic rings. The number of rotatable bonds is 10. The van der Waals surface area contributed by atoms with Gasteiger partial charge >= 0.3 is 5.97 Å². The standard InChI is InChI=1S/C27H24N4O8S/c32-19(10-6-9-18(26(36)37)30-22(33)16-7-2-3-8-17(16)23(30)34)28-20-24(35)31-21(27(38)39)15(14-40-25(20)31)13-29-11-4-1-5-12-29/h1-5,7-8,11-12,18,20,25H,6,9-10,13-14H2,(H2-,28,32,36,37,38,39)/t18?,20-,25+/m1/s1. The maximum absolute atomic E-state index is 12.9. The van der Waals surface area contributed by atoms with Crippen molar-refractivity contribution < 1.29 is 43.5 Å². The van der Waals surface area contributed by atoms with Gasteiger partial charge in [-0.25, -0.2) is 9.36 Å². The smallest absolute Gasteiger partial charge is 0.326 e. The van der Waals surface area contributed by atoms with Crippen LogP contribution in [0.3, 0.4) is 0 Å². The molecule has 3 aliphatic heterocycles. The fourth-order valence-electron chi connectivity index (χ4n) is 5.11. The molecule has 0 saturated carbocycles. The highest BCUT2D eigenvalue weighted by Crippen LogP contribution is 2.40. The van der Waals surface area contributed by atoms with E-state index in [1.54, 1.807) is 41.2 Å². The third-order valence-corrected chi connectivity index (χ3v) is 8.35. The van der Waals surface area contributed by atoms with Crippen LogP contribution in [0, 0.1) is 0 Å². The van der Waals surface area contributed by atoms with Crippen molar-refractivity contribution in [3.8, 4) is 0 Å². The first-order chi connectivity index (χ1) is 19.2. The second kappa shape index (κ2) is 10.9. The van der Waals surface area contributed by atoms with Gasteiger partial charge in [0, 0.05) is 29.9 Å². The van der Waals surface area contributed by atoms with Crippen LogP contribution in [0.15, 0.2) is 66.1 Å². The molecular formula is C27H24N4O8S. The molecule has 1 saturated heterocycles. The fourth-order valence-corrected chi connectivity index (χ4v) is 6.44. The first-order valence-electron chi connectivity index (χ1n) is 12.5. The van der Waals surface area contributed by atoms with Crippen molar-refractivity contribution in [2.45, 2.75) is 43.3 Å². The SMILES string of the molecule is O=C(CCCC(C(=O)O)N1C(=O)c2ccccc2C1=O)N[C@@H]1C(=O)N2C(C(=O)[O-])=C(C[n+]3ccccc3)CS[C@@H]12. The van der Waals surface area contributed by atoms with Crippen LogP contribution >= 0.6 is 11.8 Å². The van der Waals surface area contributed by atoms with E-state index in [-0.39, 0.29) is 42.6 Å². The van der Waals surface area contributed by atoms with Gasteiger partial charge in [-0.2, -0.15) is 0 Å². The highest BCUT2D eigenvalue weighted by molar-refractivity contribution is 8.00. The monoisotopic (exact) mass is 564 g/mol. The largest absolute Gasteiger partial charge is 0.543 e. The molecule has 0 bridgehead atoms. The molecule has 1 aromatic carbocycles. The Kier molecular flexibility index (Phi) is 7.39. The van der Waals surface area contributed by atoms with Gasteiger partial charge in [-0.05, 0) is 25.0 Å². The topological polar surface area (TPSA) is 168 Å². The summed E-state index contributed by atoms with van der Waals surface area (Å²) in [5.74, 6) is -5.02. The molecule has 0 spiro atoms. The maximum Gasteiger partial charge on any atom is 0.326 e. The van der Waals surface area contributed by atoms with Crippen LogP contribution in [0.25, 0.3) is 0 Å². The van der Waals surface area contributed by atoms with Crippen molar-refractivity contribution in [2.24, 2.45) is 0 Å². The zero-order valence-electron chi connectivity index (χ0n) is 21.0. The zero-order valence-corrected chi connectivity index (χ0v) is 21.8. The Morgan fingerprint density at radius 1 is 1.05 bits per heavy atom. The van der Waals surface area contributed by atoms with E-state index in [0.29, 0.717) is 16.2 Å². The highest BCUT2D eigenvalue weighted by Gasteiger charge is 2.53. The van der Waals surface area contributed by atoms with Crippen LogP contribution in [0.4, 0.5) is 0 Å². The summed E-state index contributed by atoms with van der Waals surface area (Å²) in [5, 5.41) is 23.6. The lowest BCUT2D eigenvalue weighted by molar-refractivity contribution is -0.689. The molecule has 1 unspecified atom stereocenters. The van der Waals surface area contributed by atoms with Crippen LogP contribution in [0.1, 0.15) is 40.0 Å². The Morgan fingerprint density at radius 3 is 2.30 bits per heavy atom. The molecule has 0 aliphatic carbocycles. The van der Waals surface area contributed by atoms with E-state index in [0.717, 1.165) is 4.90 Å². The molecule has 5 rings (SSSR count). The second-order valence-corrected chi connectivity index (χ2v) is 10.6. The van der Waals surface area contributed by atoms with E-state index in [1.165, 1.54) is 23.9 Å². The maximum atomic E-state index is 12.9. The lowest BCUT2D eigenvalue weighted by atomic mass is 10.0. The molecule has 0 radical (unpaired) electrons. The number of thioether (sulfide) groups is 1. The highest BCUT2D eigenvalue weighted by atomic mass is 32.2. The van der Waals surface area contributed by atoms with Crippen molar-refractivity contribution in [1.82, 2.24) is 15.1 Å². The molecule has 206 valence electrons. The van der Waals surface area contributed by atoms with Crippen LogP contribution in [0.2, 0.25) is 0 Å². The molecule has 1 aromatic heterocycles. The first-order valence-corrected chi connectivity index (χ1v) is 13.5. The third-order valence-electron chi connectivity index (χ3n) is 7.01. The summed E-state index contributed by atoms with van der Waals surface area (Å²) in [6.45, 7) is 0.266. The Labute approximate surface area is 232 Å². The number of hydrogen-bond acceptors (Lipinski definition) is 8. The van der Waals surface area contributed by atoms with Crippen molar-refractivity contribution >= 4 is 47.3 Å². The third kappa shape index (κ3) is 4.83. The van der Waals surface area contributed by atoms with Gasteiger partial charge in [-0.3, -0.25) is 29.0 Å². The fraction of sp³-hybridized carbons (Fsp3) is 0.296. The number of aromatic nitrogens is 1. The number of benzene rings is 1. The number of amides is 4. The Hall–Kier alpha value is -4.52. The summed E-state index contributed by atoms with van der Waals surface area (Å²) < 4.78 is 1.79. The summed E-state index contributed by atoms with van der Waals surface area (Å²) in [6, 6.07) is 9.10.